The summed E-state index contributed by atoms with van der Waals surface area (Å²) in [5, 5.41) is 0. The van der Waals surface area contributed by atoms with Gasteiger partial charge in [-0.2, -0.15) is 0 Å². The zero-order chi connectivity index (χ0) is 19.2. The minimum atomic E-state index is 0.794. The molecule has 0 radical (unpaired) electrons. The Morgan fingerprint density at radius 1 is 0.885 bits per heavy atom. The Bertz CT molecular complexity index is 661. The first kappa shape index (κ1) is 22.0. The van der Waals surface area contributed by atoms with Crippen molar-refractivity contribution in [2.45, 2.75) is 53.4 Å². The van der Waals surface area contributed by atoms with Gasteiger partial charge in [0.1, 0.15) is 0 Å². The third kappa shape index (κ3) is 11.5. The van der Waals surface area contributed by atoms with Gasteiger partial charge < -0.3 is 0 Å². The predicted octanol–water partition coefficient (Wildman–Crippen LogP) is 6.39. The predicted molar refractivity (Wildman–Crippen MR) is 116 cm³/mol. The van der Waals surface area contributed by atoms with Crippen molar-refractivity contribution in [3.8, 4) is 11.8 Å². The topological polar surface area (TPSA) is 3.24 Å². The van der Waals surface area contributed by atoms with Crippen LogP contribution in [0.25, 0.3) is 0 Å². The van der Waals surface area contributed by atoms with Gasteiger partial charge in [-0.25, -0.2) is 0 Å². The third-order valence-corrected chi connectivity index (χ3v) is 4.23. The molecule has 0 atom stereocenters. The Hall–Kier alpha value is -2.04. The summed E-state index contributed by atoms with van der Waals surface area (Å²) >= 11 is 0. The maximum absolute atomic E-state index is 3.24. The van der Waals surface area contributed by atoms with Crippen LogP contribution in [-0.2, 0) is 0 Å². The summed E-state index contributed by atoms with van der Waals surface area (Å²) in [6.45, 7) is 10.6. The second-order valence-corrected chi connectivity index (χ2v) is 7.32. The van der Waals surface area contributed by atoms with Gasteiger partial charge in [-0.15, -0.1) is 0 Å². The molecule has 0 fully saturated rings. The van der Waals surface area contributed by atoms with Crippen molar-refractivity contribution in [2.75, 3.05) is 20.1 Å². The summed E-state index contributed by atoms with van der Waals surface area (Å²) in [5.41, 5.74) is 5.46. The van der Waals surface area contributed by atoms with Crippen molar-refractivity contribution in [2.24, 2.45) is 0 Å². The Morgan fingerprint density at radius 2 is 1.50 bits per heavy atom. The number of hydrogen-bond acceptors (Lipinski definition) is 1. The molecular weight excluding hydrogens is 314 g/mol. The van der Waals surface area contributed by atoms with E-state index in [1.165, 1.54) is 23.1 Å². The van der Waals surface area contributed by atoms with Crippen LogP contribution in [0.15, 0.2) is 65.3 Å². The molecule has 0 aliphatic heterocycles. The molecule has 1 aromatic rings. The highest BCUT2D eigenvalue weighted by Gasteiger charge is 1.95. The Balaban J connectivity index is 2.28. The molecule has 0 amide bonds. The lowest BCUT2D eigenvalue weighted by Gasteiger charge is -2.10. The van der Waals surface area contributed by atoms with Crippen LogP contribution in [0.1, 0.15) is 58.9 Å². The summed E-state index contributed by atoms with van der Waals surface area (Å²) in [4.78, 5) is 2.25. The van der Waals surface area contributed by atoms with E-state index in [0.29, 0.717) is 0 Å². The number of benzene rings is 1. The highest BCUT2D eigenvalue weighted by molar-refractivity contribution is 5.33. The maximum Gasteiger partial charge on any atom is 0.0605 e. The average molecular weight is 350 g/mol. The molecule has 1 nitrogen and oxygen atoms in total. The molecule has 0 N–H and O–H groups in total. The SMILES string of the molecule is CC(C)=CCC/C(C)=C/CC/C(C)=C/CN(C)CC#Cc1ccccc1. The van der Waals surface area contributed by atoms with Crippen LogP contribution >= 0.6 is 0 Å². The average Bonchev–Trinajstić information content (AvgIpc) is 2.60. The van der Waals surface area contributed by atoms with Gasteiger partial charge in [0.15, 0.2) is 0 Å². The first-order valence-corrected chi connectivity index (χ1v) is 9.64. The largest absolute Gasteiger partial charge is 0.292 e. The summed E-state index contributed by atoms with van der Waals surface area (Å²) in [5.74, 6) is 6.45. The number of rotatable bonds is 9. The van der Waals surface area contributed by atoms with Gasteiger partial charge in [-0.05, 0) is 72.6 Å². The first-order valence-electron chi connectivity index (χ1n) is 9.64. The van der Waals surface area contributed by atoms with E-state index >= 15 is 0 Å². The fraction of sp³-hybridized carbons (Fsp3) is 0.440. The van der Waals surface area contributed by atoms with Crippen LogP contribution in [0, 0.1) is 11.8 Å². The zero-order valence-corrected chi connectivity index (χ0v) is 17.3. The number of allylic oxidation sites excluding steroid dienone is 5. The lowest BCUT2D eigenvalue weighted by Crippen LogP contribution is -2.18. The Labute approximate surface area is 161 Å². The van der Waals surface area contributed by atoms with Crippen molar-refractivity contribution in [1.29, 1.82) is 0 Å². The van der Waals surface area contributed by atoms with Crippen molar-refractivity contribution in [1.82, 2.24) is 4.90 Å². The summed E-state index contributed by atoms with van der Waals surface area (Å²) < 4.78 is 0. The fourth-order valence-electron chi connectivity index (χ4n) is 2.51. The van der Waals surface area contributed by atoms with Gasteiger partial charge in [0.25, 0.3) is 0 Å². The minimum absolute atomic E-state index is 0.794. The molecule has 0 heterocycles. The molecule has 0 aliphatic rings. The zero-order valence-electron chi connectivity index (χ0n) is 17.3. The van der Waals surface area contributed by atoms with Gasteiger partial charge in [-0.3, -0.25) is 4.90 Å². The number of likely N-dealkylation sites (N-methyl/N-ethyl adjacent to an activating group) is 1. The van der Waals surface area contributed by atoms with Crippen molar-refractivity contribution in [3.63, 3.8) is 0 Å². The molecule has 0 saturated heterocycles. The molecule has 0 spiro atoms. The lowest BCUT2D eigenvalue weighted by molar-refractivity contribution is 0.417. The van der Waals surface area contributed by atoms with E-state index in [2.05, 4.69) is 69.7 Å². The molecule has 1 aromatic carbocycles. The summed E-state index contributed by atoms with van der Waals surface area (Å²) in [7, 11) is 2.12. The van der Waals surface area contributed by atoms with Crippen molar-refractivity contribution >= 4 is 0 Å². The van der Waals surface area contributed by atoms with Gasteiger partial charge >= 0.3 is 0 Å². The summed E-state index contributed by atoms with van der Waals surface area (Å²) in [6, 6.07) is 10.2. The molecule has 26 heavy (non-hydrogen) atoms. The van der Waals surface area contributed by atoms with Crippen molar-refractivity contribution in [3.05, 3.63) is 70.8 Å². The van der Waals surface area contributed by atoms with Gasteiger partial charge in [0.2, 0.25) is 0 Å². The van der Waals surface area contributed by atoms with E-state index in [9.17, 15) is 0 Å². The highest BCUT2D eigenvalue weighted by atomic mass is 15.1. The van der Waals surface area contributed by atoms with E-state index in [-0.39, 0.29) is 0 Å². The molecule has 1 heteroatoms. The van der Waals surface area contributed by atoms with Crippen LogP contribution in [-0.4, -0.2) is 25.0 Å². The standard InChI is InChI=1S/C25H35N/c1-22(2)12-9-13-23(3)14-10-15-24(4)19-21-26(5)20-11-18-25-16-7-6-8-17-25/h6-8,12,14,16-17,19H,9-10,13,15,20-21H2,1-5H3/b23-14+,24-19+. The van der Waals surface area contributed by atoms with Crippen LogP contribution in [0.4, 0.5) is 0 Å². The van der Waals surface area contributed by atoms with Gasteiger partial charge in [0.05, 0.1) is 6.54 Å². The van der Waals surface area contributed by atoms with E-state index in [1.807, 2.05) is 30.3 Å². The minimum Gasteiger partial charge on any atom is -0.292 e. The van der Waals surface area contributed by atoms with Crippen LogP contribution < -0.4 is 0 Å². The maximum atomic E-state index is 3.24. The molecule has 0 bridgehead atoms. The third-order valence-electron chi connectivity index (χ3n) is 4.23. The van der Waals surface area contributed by atoms with Gasteiger partial charge in [-0.1, -0.05) is 65.0 Å². The molecule has 1 rings (SSSR count). The lowest BCUT2D eigenvalue weighted by atomic mass is 10.1. The number of hydrogen-bond donors (Lipinski definition) is 0. The monoisotopic (exact) mass is 349 g/mol. The quantitative estimate of drug-likeness (QED) is 0.369. The fourth-order valence-corrected chi connectivity index (χ4v) is 2.51. The molecule has 0 aliphatic carbocycles. The van der Waals surface area contributed by atoms with E-state index in [4.69, 9.17) is 0 Å². The molecule has 140 valence electrons. The smallest absolute Gasteiger partial charge is 0.0605 e. The van der Waals surface area contributed by atoms with E-state index in [0.717, 1.165) is 37.9 Å². The second kappa shape index (κ2) is 13.2. The molecule has 0 aromatic heterocycles. The second-order valence-electron chi connectivity index (χ2n) is 7.32. The van der Waals surface area contributed by atoms with Gasteiger partial charge in [0, 0.05) is 12.1 Å². The van der Waals surface area contributed by atoms with E-state index in [1.54, 1.807) is 0 Å². The molecule has 0 unspecified atom stereocenters. The highest BCUT2D eigenvalue weighted by Crippen LogP contribution is 2.11. The van der Waals surface area contributed by atoms with Crippen LogP contribution in [0.3, 0.4) is 0 Å². The molecular formula is C25H35N. The Morgan fingerprint density at radius 3 is 2.15 bits per heavy atom. The molecule has 0 saturated carbocycles. The Kier molecular flexibility index (Phi) is 11.2. The summed E-state index contributed by atoms with van der Waals surface area (Å²) in [6.07, 6.45) is 11.7. The van der Waals surface area contributed by atoms with Crippen LogP contribution in [0.5, 0.6) is 0 Å². The van der Waals surface area contributed by atoms with Crippen molar-refractivity contribution < 1.29 is 0 Å². The normalized spacial score (nSPS) is 11.9. The van der Waals surface area contributed by atoms with Crippen LogP contribution in [0.2, 0.25) is 0 Å². The van der Waals surface area contributed by atoms with E-state index < -0.39 is 0 Å². The first-order chi connectivity index (χ1) is 12.5. The number of nitrogens with zero attached hydrogens (tertiary/aromatic N) is 1.